The van der Waals surface area contributed by atoms with E-state index in [1.807, 2.05) is 36.6 Å². The zero-order valence-electron chi connectivity index (χ0n) is 15.9. The van der Waals surface area contributed by atoms with Crippen LogP contribution in [0.5, 0.6) is 0 Å². The summed E-state index contributed by atoms with van der Waals surface area (Å²) in [6.45, 7) is 3.77. The summed E-state index contributed by atoms with van der Waals surface area (Å²) in [5.74, 6) is -0.293. The number of carbonyl (C=O) groups excluding carboxylic acids is 1. The van der Waals surface area contributed by atoms with Gasteiger partial charge in [0.25, 0.3) is 11.5 Å². The fraction of sp³-hybridized carbons (Fsp3) is 0.200. The Hall–Kier alpha value is -3.04. The van der Waals surface area contributed by atoms with Crippen LogP contribution in [-0.4, -0.2) is 26.4 Å². The van der Waals surface area contributed by atoms with E-state index in [0.717, 1.165) is 22.3 Å². The molecular formula is C20H19N5O2S2. The monoisotopic (exact) mass is 425 g/mol. The molecule has 0 bridgehead atoms. The van der Waals surface area contributed by atoms with Crippen molar-refractivity contribution in [2.45, 2.75) is 26.7 Å². The number of aromatic nitrogens is 3. The van der Waals surface area contributed by atoms with Crippen LogP contribution in [0.1, 0.15) is 41.2 Å². The van der Waals surface area contributed by atoms with E-state index < -0.39 is 0 Å². The smallest absolute Gasteiger partial charge is 0.282 e. The molecule has 29 heavy (non-hydrogen) atoms. The van der Waals surface area contributed by atoms with Crippen LogP contribution in [-0.2, 0) is 6.42 Å². The molecule has 9 heteroatoms. The molecule has 3 heterocycles. The van der Waals surface area contributed by atoms with Gasteiger partial charge in [0.05, 0.1) is 26.4 Å². The minimum Gasteiger partial charge on any atom is -0.292 e. The van der Waals surface area contributed by atoms with Crippen molar-refractivity contribution in [3.63, 3.8) is 0 Å². The molecular weight excluding hydrogens is 406 g/mol. The van der Waals surface area contributed by atoms with Crippen LogP contribution in [0.4, 0.5) is 0 Å². The Bertz CT molecular complexity index is 1210. The average Bonchev–Trinajstić information content (AvgIpc) is 3.44. The fourth-order valence-electron chi connectivity index (χ4n) is 3.03. The van der Waals surface area contributed by atoms with Gasteiger partial charge in [0.15, 0.2) is 0 Å². The van der Waals surface area contributed by atoms with Crippen molar-refractivity contribution in [3.8, 4) is 5.13 Å². The van der Waals surface area contributed by atoms with Crippen LogP contribution in [0.25, 0.3) is 15.3 Å². The van der Waals surface area contributed by atoms with Gasteiger partial charge in [-0.25, -0.2) is 10.4 Å². The molecule has 0 saturated carbocycles. The highest BCUT2D eigenvalue weighted by molar-refractivity contribution is 7.20. The number of hydrazone groups is 1. The minimum atomic E-state index is -0.293. The van der Waals surface area contributed by atoms with E-state index in [0.29, 0.717) is 27.7 Å². The van der Waals surface area contributed by atoms with Crippen LogP contribution < -0.4 is 11.0 Å². The Labute approximate surface area is 174 Å². The van der Waals surface area contributed by atoms with Crippen molar-refractivity contribution >= 4 is 44.5 Å². The first-order valence-corrected chi connectivity index (χ1v) is 10.9. The number of carbonyl (C=O) groups is 1. The second-order valence-electron chi connectivity index (χ2n) is 6.44. The van der Waals surface area contributed by atoms with Crippen LogP contribution in [0, 0.1) is 0 Å². The minimum absolute atomic E-state index is 0.223. The summed E-state index contributed by atoms with van der Waals surface area (Å²) >= 11 is 2.78. The summed E-state index contributed by atoms with van der Waals surface area (Å²) in [6, 6.07) is 11.3. The third kappa shape index (κ3) is 3.79. The third-order valence-electron chi connectivity index (χ3n) is 4.37. The van der Waals surface area contributed by atoms with Gasteiger partial charge >= 0.3 is 0 Å². The highest BCUT2D eigenvalue weighted by Gasteiger charge is 2.19. The Morgan fingerprint density at radius 1 is 1.28 bits per heavy atom. The molecule has 0 spiro atoms. The number of hydrogen-bond acceptors (Lipinski definition) is 6. The lowest BCUT2D eigenvalue weighted by atomic mass is 10.1. The summed E-state index contributed by atoms with van der Waals surface area (Å²) in [4.78, 5) is 30.5. The third-order valence-corrected chi connectivity index (χ3v) is 6.26. The van der Waals surface area contributed by atoms with Crippen LogP contribution in [0.2, 0.25) is 0 Å². The predicted octanol–water partition coefficient (Wildman–Crippen LogP) is 3.94. The number of thiazole rings is 1. The molecule has 1 aromatic carbocycles. The molecule has 7 nitrogen and oxygen atoms in total. The zero-order valence-corrected chi connectivity index (χ0v) is 17.6. The first-order chi connectivity index (χ1) is 14.1. The number of H-pyrrole nitrogens is 1. The lowest BCUT2D eigenvalue weighted by Gasteiger charge is -2.01. The van der Waals surface area contributed by atoms with Gasteiger partial charge in [0.1, 0.15) is 0 Å². The first kappa shape index (κ1) is 19.3. The van der Waals surface area contributed by atoms with Crippen LogP contribution >= 0.6 is 22.7 Å². The molecule has 0 atom stereocenters. The molecule has 148 valence electrons. The maximum atomic E-state index is 13.2. The first-order valence-electron chi connectivity index (χ1n) is 9.16. The number of benzene rings is 1. The highest BCUT2D eigenvalue weighted by Crippen LogP contribution is 2.24. The number of nitrogens with one attached hydrogen (secondary N) is 2. The van der Waals surface area contributed by atoms with Gasteiger partial charge in [-0.05, 0) is 36.9 Å². The number of para-hydroxylation sites is 1. The molecule has 0 aliphatic rings. The Morgan fingerprint density at radius 3 is 2.83 bits per heavy atom. The summed E-state index contributed by atoms with van der Waals surface area (Å²) in [6.07, 6.45) is 1.55. The maximum absolute atomic E-state index is 13.2. The van der Waals surface area contributed by atoms with E-state index in [1.165, 1.54) is 27.4 Å². The highest BCUT2D eigenvalue weighted by atomic mass is 32.1. The molecule has 2 N–H and O–H groups in total. The zero-order chi connectivity index (χ0) is 20.4. The van der Waals surface area contributed by atoms with Gasteiger partial charge < -0.3 is 0 Å². The van der Waals surface area contributed by atoms with E-state index >= 15 is 0 Å². The number of nitrogens with zero attached hydrogens (tertiary/aromatic N) is 3. The largest absolute Gasteiger partial charge is 0.292 e. The van der Waals surface area contributed by atoms with E-state index in [1.54, 1.807) is 19.1 Å². The maximum Gasteiger partial charge on any atom is 0.282 e. The second-order valence-corrected chi connectivity index (χ2v) is 8.39. The van der Waals surface area contributed by atoms with Crippen LogP contribution in [0.3, 0.4) is 0 Å². The topological polar surface area (TPSA) is 92.1 Å². The van der Waals surface area contributed by atoms with Crippen molar-refractivity contribution < 1.29 is 4.79 Å². The standard InChI is InChI=1S/C20H19N5O2S2/c1-3-7-14-17(12(2)22-23-18(26)16-10-6-11-28-16)19(27)25(24-14)20-21-13-8-4-5-9-15(13)29-20/h4-6,8-11,24H,3,7H2,1-2H3,(H,23,26)/b22-12+. The summed E-state index contributed by atoms with van der Waals surface area (Å²) < 4.78 is 2.47. The molecule has 3 aromatic heterocycles. The number of aromatic amines is 1. The van der Waals surface area contributed by atoms with Gasteiger partial charge in [-0.1, -0.05) is 42.9 Å². The molecule has 0 saturated heterocycles. The number of fused-ring (bicyclic) bond motifs is 1. The molecule has 4 aromatic rings. The summed E-state index contributed by atoms with van der Waals surface area (Å²) in [5.41, 5.74) is 4.87. The van der Waals surface area contributed by atoms with Crippen molar-refractivity contribution in [1.82, 2.24) is 20.2 Å². The van der Waals surface area contributed by atoms with Gasteiger partial charge in [-0.2, -0.15) is 9.78 Å². The van der Waals surface area contributed by atoms with Crippen LogP contribution in [0.15, 0.2) is 51.7 Å². The molecule has 1 amide bonds. The SMILES string of the molecule is CCCc1[nH]n(-c2nc3ccccc3s2)c(=O)c1/C(C)=N/NC(=O)c1cccs1. The van der Waals surface area contributed by atoms with Crippen molar-refractivity contribution in [2.24, 2.45) is 5.10 Å². The molecule has 0 aliphatic heterocycles. The number of aryl methyl sites for hydroxylation is 1. The van der Waals surface area contributed by atoms with Crippen molar-refractivity contribution in [2.75, 3.05) is 0 Å². The van der Waals surface area contributed by atoms with Gasteiger partial charge in [-0.15, -0.1) is 11.3 Å². The Kier molecular flexibility index (Phi) is 5.41. The number of thiophene rings is 1. The van der Waals surface area contributed by atoms with Gasteiger partial charge in [0.2, 0.25) is 5.13 Å². The normalized spacial score (nSPS) is 11.9. The Balaban J connectivity index is 1.71. The number of rotatable bonds is 6. The molecule has 4 rings (SSSR count). The second kappa shape index (κ2) is 8.14. The van der Waals surface area contributed by atoms with Crippen molar-refractivity contribution in [1.29, 1.82) is 0 Å². The Morgan fingerprint density at radius 2 is 2.10 bits per heavy atom. The number of hydrogen-bond donors (Lipinski definition) is 2. The summed E-state index contributed by atoms with van der Waals surface area (Å²) in [7, 11) is 0. The summed E-state index contributed by atoms with van der Waals surface area (Å²) in [5, 5.41) is 9.77. The molecule has 0 radical (unpaired) electrons. The molecule has 0 fully saturated rings. The van der Waals surface area contributed by atoms with E-state index in [-0.39, 0.29) is 11.5 Å². The number of amides is 1. The van der Waals surface area contributed by atoms with E-state index in [2.05, 4.69) is 20.6 Å². The quantitative estimate of drug-likeness (QED) is 0.362. The predicted molar refractivity (Wildman–Crippen MR) is 118 cm³/mol. The lowest BCUT2D eigenvalue weighted by Crippen LogP contribution is -2.23. The average molecular weight is 426 g/mol. The fourth-order valence-corrected chi connectivity index (χ4v) is 4.57. The lowest BCUT2D eigenvalue weighted by molar-refractivity contribution is 0.0959. The van der Waals surface area contributed by atoms with Gasteiger partial charge in [-0.3, -0.25) is 14.7 Å². The van der Waals surface area contributed by atoms with E-state index in [9.17, 15) is 9.59 Å². The van der Waals surface area contributed by atoms with Crippen molar-refractivity contribution in [3.05, 3.63) is 68.3 Å². The molecule has 0 unspecified atom stereocenters. The van der Waals surface area contributed by atoms with E-state index in [4.69, 9.17) is 0 Å². The molecule has 0 aliphatic carbocycles. The van der Waals surface area contributed by atoms with Gasteiger partial charge in [0, 0.05) is 5.69 Å².